The molecule has 33 atom stereocenters. The lowest BCUT2D eigenvalue weighted by atomic mass is 9.84. The molecule has 6 aliphatic rings. The van der Waals surface area contributed by atoms with Gasteiger partial charge in [-0.05, 0) is 38.5 Å². The van der Waals surface area contributed by atoms with E-state index in [2.05, 4.69) is 26.0 Å². The molecule has 6 rings (SSSR count). The van der Waals surface area contributed by atoms with Crippen LogP contribution >= 0.6 is 7.82 Å². The van der Waals surface area contributed by atoms with Gasteiger partial charge in [0.05, 0.1) is 39.6 Å². The Morgan fingerprint density at radius 2 is 0.643 bits per heavy atom. The summed E-state index contributed by atoms with van der Waals surface area (Å²) in [4.78, 5) is 38.3. The SMILES string of the molecule is CCCCCC/C=C\CCCCCCCC(=O)O[C@H](COC(=O)CCCCCCCCCCCCCCCCC)COP(=O)(O)O[C@@H]1C(O[C@@H]2OC(CO[C@@H]3OC(CO[C@@H]4OC(CO[C@@H]5OC(CO)[C@H](O)C(O)[C@@H]5O)[C@H](O)C(O)[C@@H]4O)[C@H](O)C(O)[C@@H]3O)[C@H](O)C(O)[C@@H]2O)C(O)[C@@H](O)C(O)[C@H]1O[C@H]1OC(CO)[C@@H](O)C(O)[C@H]1O. The van der Waals surface area contributed by atoms with E-state index in [0.29, 0.717) is 19.3 Å². The molecule has 0 aromatic rings. The number of phosphoric ester groups is 1. The number of aliphatic hydroxyl groups excluding tert-OH is 20. The highest BCUT2D eigenvalue weighted by Gasteiger charge is 2.59. The Labute approximate surface area is 652 Å². The summed E-state index contributed by atoms with van der Waals surface area (Å²) >= 11 is 0. The van der Waals surface area contributed by atoms with Gasteiger partial charge in [-0.3, -0.25) is 18.6 Å². The molecule has 6 fully saturated rings. The number of ether oxygens (including phenoxy) is 12. The van der Waals surface area contributed by atoms with Crippen molar-refractivity contribution >= 4 is 19.8 Å². The minimum Gasteiger partial charge on any atom is -0.462 e. The zero-order valence-corrected chi connectivity index (χ0v) is 65.1. The number of unbranched alkanes of at least 4 members (excludes halogenated alkanes) is 23. The van der Waals surface area contributed by atoms with Crippen LogP contribution in [0.1, 0.15) is 194 Å². The first-order valence-electron chi connectivity index (χ1n) is 40.1. The summed E-state index contributed by atoms with van der Waals surface area (Å²) in [7, 11) is -5.86. The number of carbonyl (C=O) groups excluding carboxylic acids is 2. The van der Waals surface area contributed by atoms with E-state index in [4.69, 9.17) is 65.9 Å². The highest BCUT2D eigenvalue weighted by molar-refractivity contribution is 7.47. The summed E-state index contributed by atoms with van der Waals surface area (Å²) in [6, 6.07) is 0. The number of hydrogen-bond donors (Lipinski definition) is 21. The third-order valence-electron chi connectivity index (χ3n) is 21.1. The molecule has 21 N–H and O–H groups in total. The minimum atomic E-state index is -5.86. The van der Waals surface area contributed by atoms with E-state index in [1.54, 1.807) is 0 Å². The highest BCUT2D eigenvalue weighted by atomic mass is 31.2. The maximum atomic E-state index is 14.5. The van der Waals surface area contributed by atoms with Crippen LogP contribution in [0.3, 0.4) is 0 Å². The van der Waals surface area contributed by atoms with Gasteiger partial charge < -0.3 is 164 Å². The molecule has 5 heterocycles. The van der Waals surface area contributed by atoms with Crippen molar-refractivity contribution in [3.63, 3.8) is 0 Å². The Morgan fingerprint density at radius 3 is 1.02 bits per heavy atom. The third-order valence-corrected chi connectivity index (χ3v) is 22.1. The molecule has 14 unspecified atom stereocenters. The largest absolute Gasteiger partial charge is 0.472 e. The van der Waals surface area contributed by atoms with Crippen LogP contribution in [0.2, 0.25) is 0 Å². The quantitative estimate of drug-likeness (QED) is 0.0129. The van der Waals surface area contributed by atoms with Crippen molar-refractivity contribution in [2.24, 2.45) is 0 Å². The number of rotatable bonds is 52. The van der Waals surface area contributed by atoms with E-state index in [1.807, 2.05) is 0 Å². The molecule has 0 bridgehead atoms. The topological polar surface area (TPSA) is 605 Å². The molecule has 656 valence electrons. The van der Waals surface area contributed by atoms with Crippen molar-refractivity contribution in [2.45, 2.75) is 390 Å². The van der Waals surface area contributed by atoms with Gasteiger partial charge in [0.2, 0.25) is 0 Å². The van der Waals surface area contributed by atoms with Crippen LogP contribution in [0.4, 0.5) is 0 Å². The Morgan fingerprint density at radius 1 is 0.348 bits per heavy atom. The summed E-state index contributed by atoms with van der Waals surface area (Å²) in [5.74, 6) is -1.48. The molecule has 0 aromatic carbocycles. The number of hydrogen-bond acceptors (Lipinski definition) is 37. The van der Waals surface area contributed by atoms with Crippen LogP contribution < -0.4 is 0 Å². The second kappa shape index (κ2) is 51.3. The maximum absolute atomic E-state index is 14.5. The lowest BCUT2D eigenvalue weighted by molar-refractivity contribution is -0.365. The van der Waals surface area contributed by atoms with Crippen LogP contribution in [0, 0.1) is 0 Å². The van der Waals surface area contributed by atoms with Crippen LogP contribution in [0.15, 0.2) is 12.2 Å². The van der Waals surface area contributed by atoms with Gasteiger partial charge in [-0.25, -0.2) is 4.57 Å². The molecular weight excluding hydrogens is 1520 g/mol. The van der Waals surface area contributed by atoms with Gasteiger partial charge in [0, 0.05) is 12.8 Å². The predicted octanol–water partition coefficient (Wildman–Crippen LogP) is -2.60. The number of aliphatic hydroxyl groups is 20. The zero-order valence-electron chi connectivity index (χ0n) is 64.2. The normalized spacial score (nSPS) is 38.2. The van der Waals surface area contributed by atoms with E-state index in [0.717, 1.165) is 77.0 Å². The second-order valence-electron chi connectivity index (χ2n) is 30.1. The fraction of sp³-hybridized carbons (Fsp3) is 0.945. The summed E-state index contributed by atoms with van der Waals surface area (Å²) in [6.45, 7) is -1.92. The Balaban J connectivity index is 1.13. The van der Waals surface area contributed by atoms with E-state index in [-0.39, 0.29) is 12.8 Å². The average Bonchev–Trinajstić information content (AvgIpc) is 0.759. The lowest BCUT2D eigenvalue weighted by Gasteiger charge is -2.49. The van der Waals surface area contributed by atoms with Crippen molar-refractivity contribution in [3.8, 4) is 0 Å². The fourth-order valence-corrected chi connectivity index (χ4v) is 15.0. The van der Waals surface area contributed by atoms with Gasteiger partial charge in [-0.2, -0.15) is 0 Å². The van der Waals surface area contributed by atoms with Crippen molar-refractivity contribution in [3.05, 3.63) is 12.2 Å². The Hall–Kier alpha value is -2.41. The molecule has 39 heteroatoms. The van der Waals surface area contributed by atoms with Gasteiger partial charge in [0.1, 0.15) is 165 Å². The number of phosphoric acid groups is 1. The second-order valence-corrected chi connectivity index (χ2v) is 31.5. The van der Waals surface area contributed by atoms with Crippen molar-refractivity contribution in [2.75, 3.05) is 46.2 Å². The van der Waals surface area contributed by atoms with E-state index in [9.17, 15) is 121 Å². The molecule has 0 radical (unpaired) electrons. The molecular formula is C73H131O38P. The number of esters is 2. The monoisotopic (exact) mass is 1650 g/mol. The van der Waals surface area contributed by atoms with Crippen LogP contribution in [-0.4, -0.2) is 361 Å². The first-order chi connectivity index (χ1) is 53.5. The molecule has 0 spiro atoms. The van der Waals surface area contributed by atoms with Crippen LogP contribution in [-0.2, 0) is 80.0 Å². The van der Waals surface area contributed by atoms with Crippen LogP contribution in [0.25, 0.3) is 0 Å². The third kappa shape index (κ3) is 30.4. The smallest absolute Gasteiger partial charge is 0.462 e. The summed E-state index contributed by atoms with van der Waals surface area (Å²) in [5, 5.41) is 217. The molecule has 5 aliphatic heterocycles. The Kier molecular flexibility index (Phi) is 45.0. The van der Waals surface area contributed by atoms with Crippen molar-refractivity contribution in [1.82, 2.24) is 0 Å². The van der Waals surface area contributed by atoms with Gasteiger partial charge in [0.25, 0.3) is 0 Å². The van der Waals surface area contributed by atoms with Gasteiger partial charge in [0.15, 0.2) is 37.6 Å². The van der Waals surface area contributed by atoms with Gasteiger partial charge in [-0.1, -0.05) is 154 Å². The van der Waals surface area contributed by atoms with Crippen molar-refractivity contribution < 1.29 is 187 Å². The standard InChI is InChI=1S/C73H131O38P/c1-3-5-7-9-11-13-15-17-18-20-21-23-25-27-29-31-46(76)98-35-40(103-47(77)32-30-28-26-24-22-19-16-14-12-10-8-6-4-2)36-102-112(96,97)111-68-66(109-72-64(94)54(84)49(79)42(34-75)105-72)59(89)58(88)60(90)67(68)110-73-65(95)57(87)52(82)45(108-73)39-101-71-63(93)56(86)51(81)44(107-71)38-100-70-62(92)55(85)50(80)43(106-70)37-99-69-61(91)53(83)48(78)41(33-74)104-69/h14,16,40-45,48-75,78-95H,3-13,15,17-39H2,1-2H3,(H,96,97)/b16-14-/t40-,41?,42?,43?,44?,45?,48+,49-,50+,51+,52+,53?,54?,55?,56?,57?,58+,59?,60?,61+,62+,63+,64-,65+,66-,67?,68+,69-,70-,71-,72-,73+/m1/s1. The van der Waals surface area contributed by atoms with Gasteiger partial charge >= 0.3 is 19.8 Å². The molecule has 5 saturated heterocycles. The first-order valence-corrected chi connectivity index (χ1v) is 41.6. The van der Waals surface area contributed by atoms with E-state index in [1.165, 1.54) is 70.6 Å². The number of carbonyl (C=O) groups is 2. The molecule has 0 aromatic heterocycles. The van der Waals surface area contributed by atoms with E-state index < -0.39 is 262 Å². The average molecular weight is 1650 g/mol. The summed E-state index contributed by atoms with van der Waals surface area (Å²) in [6.07, 6.45) is -35.5. The molecule has 112 heavy (non-hydrogen) atoms. The minimum absolute atomic E-state index is 0.0188. The molecule has 1 aliphatic carbocycles. The highest BCUT2D eigenvalue weighted by Crippen LogP contribution is 2.49. The summed E-state index contributed by atoms with van der Waals surface area (Å²) in [5.41, 5.74) is 0. The molecule has 1 saturated carbocycles. The summed E-state index contributed by atoms with van der Waals surface area (Å²) < 4.78 is 92.9. The van der Waals surface area contributed by atoms with E-state index >= 15 is 0 Å². The number of allylic oxidation sites excluding steroid dienone is 2. The van der Waals surface area contributed by atoms with Gasteiger partial charge in [-0.15, -0.1) is 0 Å². The molecule has 38 nitrogen and oxygen atoms in total. The first kappa shape index (κ1) is 98.4. The maximum Gasteiger partial charge on any atom is 0.472 e. The Bertz CT molecular complexity index is 2640. The van der Waals surface area contributed by atoms with Crippen molar-refractivity contribution in [1.29, 1.82) is 0 Å². The van der Waals surface area contributed by atoms with Crippen LogP contribution in [0.5, 0.6) is 0 Å². The fourth-order valence-electron chi connectivity index (χ4n) is 14.0. The lowest BCUT2D eigenvalue weighted by Crippen LogP contribution is -2.69. The predicted molar refractivity (Wildman–Crippen MR) is 384 cm³/mol. The zero-order chi connectivity index (χ0) is 82.2. The molecule has 0 amide bonds.